The Balaban J connectivity index is 3.31. The van der Waals surface area contributed by atoms with Crippen molar-refractivity contribution in [3.05, 3.63) is 36.5 Å². The topological polar surface area (TPSA) is 95.9 Å². The molecule has 0 saturated heterocycles. The van der Waals surface area contributed by atoms with Crippen molar-refractivity contribution in [1.82, 2.24) is 5.32 Å². The number of rotatable bonds is 68. The number of carbonyl (C=O) groups is 2. The molecule has 2 unspecified atom stereocenters. The number of hydrogen-bond donors (Lipinski definition) is 3. The second kappa shape index (κ2) is 69.6. The maximum atomic E-state index is 12.4. The van der Waals surface area contributed by atoms with Gasteiger partial charge in [-0.05, 0) is 83.5 Å². The van der Waals surface area contributed by atoms with Crippen LogP contribution in [0.15, 0.2) is 36.5 Å². The quantitative estimate of drug-likeness (QED) is 0.0320. The number of nitrogens with one attached hydrogen (secondary N) is 1. The van der Waals surface area contributed by atoms with Gasteiger partial charge in [0.2, 0.25) is 5.91 Å². The van der Waals surface area contributed by atoms with Crippen LogP contribution in [-0.2, 0) is 14.3 Å². The van der Waals surface area contributed by atoms with Crippen molar-refractivity contribution in [2.45, 2.75) is 411 Å². The van der Waals surface area contributed by atoms with Crippen LogP contribution in [0.3, 0.4) is 0 Å². The normalized spacial score (nSPS) is 12.7. The molecule has 0 rings (SSSR count). The summed E-state index contributed by atoms with van der Waals surface area (Å²) in [6.45, 7) is 4.94. The van der Waals surface area contributed by atoms with Crippen LogP contribution in [0.1, 0.15) is 399 Å². The minimum atomic E-state index is -0.659. The molecule has 1 amide bonds. The minimum Gasteiger partial charge on any atom is -0.466 e. The molecule has 0 heterocycles. The summed E-state index contributed by atoms with van der Waals surface area (Å²) in [5, 5.41) is 23.2. The smallest absolute Gasteiger partial charge is 0.305 e. The number of unbranched alkanes of at least 4 members (excludes halogenated alkanes) is 51. The van der Waals surface area contributed by atoms with Crippen molar-refractivity contribution in [1.29, 1.82) is 0 Å². The molecule has 0 fully saturated rings. The standard InChI is InChI=1S/C74H141NO5/c1-3-5-7-9-11-13-15-16-17-42-45-48-52-56-60-64-68-74(79)80-69-65-61-57-53-49-46-43-40-38-36-34-32-30-28-26-24-22-20-18-19-21-23-25-27-29-31-33-35-37-39-41-44-47-51-55-59-63-67-73(78)75-71(70-76)72(77)66-62-58-54-50-14-12-10-8-6-4-2/h13,15,17-18,20,42,71-72,76-77H,3-12,14,16,19,21-41,43-70H2,1-2H3,(H,75,78)/b15-13-,20-18-,42-17-. The van der Waals surface area contributed by atoms with Gasteiger partial charge in [-0.2, -0.15) is 0 Å². The van der Waals surface area contributed by atoms with Gasteiger partial charge in [-0.15, -0.1) is 0 Å². The summed E-state index contributed by atoms with van der Waals surface area (Å²) in [6, 6.07) is -0.536. The number of ether oxygens (including phenoxy) is 1. The van der Waals surface area contributed by atoms with Crippen LogP contribution in [0.5, 0.6) is 0 Å². The maximum absolute atomic E-state index is 12.4. The molecular formula is C74H141NO5. The maximum Gasteiger partial charge on any atom is 0.305 e. The number of aliphatic hydroxyl groups excluding tert-OH is 2. The summed E-state index contributed by atoms with van der Waals surface area (Å²) < 4.78 is 5.49. The van der Waals surface area contributed by atoms with Gasteiger partial charge in [-0.3, -0.25) is 9.59 Å². The summed E-state index contributed by atoms with van der Waals surface area (Å²) in [5.74, 6) is -0.0228. The summed E-state index contributed by atoms with van der Waals surface area (Å²) in [7, 11) is 0. The average Bonchev–Trinajstić information content (AvgIpc) is 3.46. The number of amides is 1. The van der Waals surface area contributed by atoms with Gasteiger partial charge in [-0.1, -0.05) is 339 Å². The van der Waals surface area contributed by atoms with Gasteiger partial charge in [0.15, 0.2) is 0 Å². The Hall–Kier alpha value is -1.92. The summed E-state index contributed by atoms with van der Waals surface area (Å²) in [5.41, 5.74) is 0. The highest BCUT2D eigenvalue weighted by atomic mass is 16.5. The Morgan fingerprint density at radius 1 is 0.350 bits per heavy atom. The zero-order chi connectivity index (χ0) is 57.8. The molecule has 0 aliphatic heterocycles. The van der Waals surface area contributed by atoms with Crippen LogP contribution < -0.4 is 5.32 Å². The van der Waals surface area contributed by atoms with Crippen LogP contribution >= 0.6 is 0 Å². The van der Waals surface area contributed by atoms with Crippen LogP contribution in [0.25, 0.3) is 0 Å². The molecule has 80 heavy (non-hydrogen) atoms. The van der Waals surface area contributed by atoms with Crippen LogP contribution in [0.4, 0.5) is 0 Å². The lowest BCUT2D eigenvalue weighted by Gasteiger charge is -2.22. The first-order valence-electron chi connectivity index (χ1n) is 36.2. The molecule has 6 nitrogen and oxygen atoms in total. The van der Waals surface area contributed by atoms with Crippen LogP contribution in [0, 0.1) is 0 Å². The molecule has 0 radical (unpaired) electrons. The third kappa shape index (κ3) is 65.2. The molecule has 6 heteroatoms. The van der Waals surface area contributed by atoms with Gasteiger partial charge >= 0.3 is 5.97 Å². The highest BCUT2D eigenvalue weighted by Gasteiger charge is 2.20. The van der Waals surface area contributed by atoms with E-state index in [1.54, 1.807) is 0 Å². The van der Waals surface area contributed by atoms with Crippen molar-refractivity contribution in [3.63, 3.8) is 0 Å². The molecule has 0 bridgehead atoms. The molecule has 0 saturated carbocycles. The molecule has 472 valence electrons. The first kappa shape index (κ1) is 78.1. The first-order chi connectivity index (χ1) is 39.5. The SMILES string of the molecule is CCCCCC/C=C\C/C=C\CCCCCCCC(=O)OCCCCCCCCCCCCCCCCCC/C=C\CCCCCCCCCCCCCCCCCCCC(=O)NC(CO)C(O)CCCCCCCCCCCC. The number of carbonyl (C=O) groups excluding carboxylic acids is 2. The Labute approximate surface area is 500 Å². The van der Waals surface area contributed by atoms with Crippen molar-refractivity contribution in [2.24, 2.45) is 0 Å². The zero-order valence-electron chi connectivity index (χ0n) is 54.1. The highest BCUT2D eigenvalue weighted by molar-refractivity contribution is 5.76. The Morgan fingerprint density at radius 2 is 0.625 bits per heavy atom. The van der Waals surface area contributed by atoms with Gasteiger partial charge in [0.25, 0.3) is 0 Å². The predicted molar refractivity (Wildman–Crippen MR) is 352 cm³/mol. The highest BCUT2D eigenvalue weighted by Crippen LogP contribution is 2.19. The fourth-order valence-corrected chi connectivity index (χ4v) is 11.4. The molecule has 0 aromatic carbocycles. The van der Waals surface area contributed by atoms with E-state index in [1.807, 2.05) is 0 Å². The van der Waals surface area contributed by atoms with E-state index < -0.39 is 12.1 Å². The fourth-order valence-electron chi connectivity index (χ4n) is 11.4. The lowest BCUT2D eigenvalue weighted by Crippen LogP contribution is -2.45. The third-order valence-corrected chi connectivity index (χ3v) is 16.9. The predicted octanol–water partition coefficient (Wildman–Crippen LogP) is 23.5. The lowest BCUT2D eigenvalue weighted by atomic mass is 10.0. The van der Waals surface area contributed by atoms with Gasteiger partial charge in [0.1, 0.15) is 0 Å². The third-order valence-electron chi connectivity index (χ3n) is 16.9. The molecular weight excluding hydrogens is 983 g/mol. The minimum absolute atomic E-state index is 0.00819. The Morgan fingerprint density at radius 3 is 0.975 bits per heavy atom. The van der Waals surface area contributed by atoms with E-state index in [9.17, 15) is 19.8 Å². The van der Waals surface area contributed by atoms with Gasteiger partial charge in [0.05, 0.1) is 25.4 Å². The second-order valence-corrected chi connectivity index (χ2v) is 24.9. The number of allylic oxidation sites excluding steroid dienone is 6. The largest absolute Gasteiger partial charge is 0.466 e. The molecule has 2 atom stereocenters. The summed E-state index contributed by atoms with van der Waals surface area (Å²) in [6.07, 6.45) is 89.4. The van der Waals surface area contributed by atoms with E-state index in [0.29, 0.717) is 25.9 Å². The number of esters is 1. The number of hydrogen-bond acceptors (Lipinski definition) is 5. The Bertz CT molecular complexity index is 1300. The van der Waals surface area contributed by atoms with Gasteiger partial charge in [0, 0.05) is 12.8 Å². The van der Waals surface area contributed by atoms with E-state index in [0.717, 1.165) is 51.4 Å². The molecule has 0 aromatic rings. The average molecular weight is 1120 g/mol. The molecule has 0 spiro atoms. The van der Waals surface area contributed by atoms with E-state index in [-0.39, 0.29) is 18.5 Å². The van der Waals surface area contributed by atoms with Crippen LogP contribution in [-0.4, -0.2) is 47.4 Å². The van der Waals surface area contributed by atoms with Gasteiger partial charge < -0.3 is 20.3 Å². The van der Waals surface area contributed by atoms with E-state index in [4.69, 9.17) is 4.74 Å². The molecule has 0 aromatic heterocycles. The van der Waals surface area contributed by atoms with Crippen molar-refractivity contribution in [2.75, 3.05) is 13.2 Å². The Kier molecular flexibility index (Phi) is 67.9. The van der Waals surface area contributed by atoms with E-state index in [1.165, 1.54) is 315 Å². The summed E-state index contributed by atoms with van der Waals surface area (Å²) in [4.78, 5) is 24.5. The lowest BCUT2D eigenvalue weighted by molar-refractivity contribution is -0.143. The van der Waals surface area contributed by atoms with E-state index >= 15 is 0 Å². The zero-order valence-corrected chi connectivity index (χ0v) is 54.1. The summed E-state index contributed by atoms with van der Waals surface area (Å²) >= 11 is 0. The molecule has 0 aliphatic rings. The number of aliphatic hydroxyl groups is 2. The van der Waals surface area contributed by atoms with Crippen molar-refractivity contribution >= 4 is 11.9 Å². The van der Waals surface area contributed by atoms with E-state index in [2.05, 4.69) is 55.6 Å². The van der Waals surface area contributed by atoms with Gasteiger partial charge in [-0.25, -0.2) is 0 Å². The molecule has 0 aliphatic carbocycles. The molecule has 3 N–H and O–H groups in total. The monoisotopic (exact) mass is 1120 g/mol. The van der Waals surface area contributed by atoms with Crippen LogP contribution in [0.2, 0.25) is 0 Å². The second-order valence-electron chi connectivity index (χ2n) is 24.9. The first-order valence-corrected chi connectivity index (χ1v) is 36.2. The van der Waals surface area contributed by atoms with Crippen molar-refractivity contribution in [3.8, 4) is 0 Å². The fraction of sp³-hybridized carbons (Fsp3) is 0.892. The van der Waals surface area contributed by atoms with Crippen molar-refractivity contribution < 1.29 is 24.5 Å².